The number of rotatable bonds is 3. The molecule has 1 saturated carbocycles. The van der Waals surface area contributed by atoms with Gasteiger partial charge in [0.15, 0.2) is 17.5 Å². The van der Waals surface area contributed by atoms with Crippen molar-refractivity contribution in [1.29, 1.82) is 0 Å². The van der Waals surface area contributed by atoms with Crippen molar-refractivity contribution in [3.8, 4) is 11.4 Å². The second kappa shape index (κ2) is 4.32. The molecule has 0 saturated heterocycles. The minimum Gasteiger partial charge on any atom is -0.294 e. The van der Waals surface area contributed by atoms with Gasteiger partial charge >= 0.3 is 0 Å². The Morgan fingerprint density at radius 2 is 1.90 bits per heavy atom. The monoisotopic (exact) mass is 300 g/mol. The van der Waals surface area contributed by atoms with Crippen molar-refractivity contribution in [1.82, 2.24) is 14.8 Å². The lowest BCUT2D eigenvalue weighted by molar-refractivity contribution is 0.508. The molecule has 0 bridgehead atoms. The molecule has 1 aromatic heterocycles. The summed E-state index contributed by atoms with van der Waals surface area (Å²) in [6, 6.07) is 3.13. The first-order valence-corrected chi connectivity index (χ1v) is 7.35. The van der Waals surface area contributed by atoms with Crippen molar-refractivity contribution < 1.29 is 17.2 Å². The molecule has 0 atom stereocenters. The number of hydrogen-bond donors (Lipinski definition) is 1. The number of sulfonamides is 1. The molecule has 106 valence electrons. The molecule has 1 aliphatic rings. The first kappa shape index (κ1) is 13.1. The summed E-state index contributed by atoms with van der Waals surface area (Å²) in [6.07, 6.45) is 1.52. The number of nitrogens with zero attached hydrogens (tertiary/aromatic N) is 3. The third-order valence-electron chi connectivity index (χ3n) is 3.01. The Morgan fingerprint density at radius 3 is 2.45 bits per heavy atom. The minimum atomic E-state index is -4.02. The van der Waals surface area contributed by atoms with Crippen LogP contribution in [0.2, 0.25) is 0 Å². The standard InChI is InChI=1S/C11H10F2N4O2S/c12-8-4-1-6(5-9(8)13)10-15-16-11(20(14,18)19)17(10)7-2-3-7/h1,4-5,7H,2-3H2,(H2,14,18,19). The van der Waals surface area contributed by atoms with Crippen molar-refractivity contribution in [2.75, 3.05) is 0 Å². The van der Waals surface area contributed by atoms with Gasteiger partial charge in [-0.15, -0.1) is 10.2 Å². The van der Waals surface area contributed by atoms with E-state index in [1.165, 1.54) is 10.6 Å². The third kappa shape index (κ3) is 2.18. The molecule has 6 nitrogen and oxygen atoms in total. The number of benzene rings is 1. The van der Waals surface area contributed by atoms with Gasteiger partial charge in [0, 0.05) is 11.6 Å². The molecule has 0 spiro atoms. The normalized spacial score (nSPS) is 15.6. The van der Waals surface area contributed by atoms with Gasteiger partial charge in [-0.05, 0) is 31.0 Å². The summed E-state index contributed by atoms with van der Waals surface area (Å²) < 4.78 is 50.5. The summed E-state index contributed by atoms with van der Waals surface area (Å²) in [6.45, 7) is 0. The van der Waals surface area contributed by atoms with E-state index in [1.54, 1.807) is 0 Å². The molecule has 0 radical (unpaired) electrons. The van der Waals surface area contributed by atoms with E-state index in [-0.39, 0.29) is 22.6 Å². The lowest BCUT2D eigenvalue weighted by Gasteiger charge is -2.07. The molecule has 9 heteroatoms. The lowest BCUT2D eigenvalue weighted by Crippen LogP contribution is -2.18. The summed E-state index contributed by atoms with van der Waals surface area (Å²) in [5.41, 5.74) is 0.248. The highest BCUT2D eigenvalue weighted by Gasteiger charge is 2.33. The topological polar surface area (TPSA) is 90.9 Å². The van der Waals surface area contributed by atoms with Gasteiger partial charge in [-0.2, -0.15) is 0 Å². The fourth-order valence-electron chi connectivity index (χ4n) is 1.96. The summed E-state index contributed by atoms with van der Waals surface area (Å²) in [7, 11) is -4.02. The predicted octanol–water partition coefficient (Wildman–Crippen LogP) is 1.21. The summed E-state index contributed by atoms with van der Waals surface area (Å²) in [4.78, 5) is 0. The van der Waals surface area contributed by atoms with Crippen molar-refractivity contribution in [2.24, 2.45) is 5.14 Å². The van der Waals surface area contributed by atoms with E-state index < -0.39 is 21.7 Å². The first-order valence-electron chi connectivity index (χ1n) is 5.81. The summed E-state index contributed by atoms with van der Waals surface area (Å²) in [5, 5.41) is 12.0. The molecule has 1 heterocycles. The maximum Gasteiger partial charge on any atom is 0.273 e. The Balaban J connectivity index is 2.19. The van der Waals surface area contributed by atoms with E-state index >= 15 is 0 Å². The van der Waals surface area contributed by atoms with E-state index in [9.17, 15) is 17.2 Å². The van der Waals surface area contributed by atoms with Gasteiger partial charge < -0.3 is 0 Å². The van der Waals surface area contributed by atoms with Gasteiger partial charge in [0.2, 0.25) is 0 Å². The van der Waals surface area contributed by atoms with Crippen LogP contribution in [0.1, 0.15) is 18.9 Å². The number of hydrogen-bond acceptors (Lipinski definition) is 4. The molecule has 3 rings (SSSR count). The van der Waals surface area contributed by atoms with Crippen LogP contribution in [0.3, 0.4) is 0 Å². The van der Waals surface area contributed by atoms with Crippen LogP contribution in [0.4, 0.5) is 8.78 Å². The van der Waals surface area contributed by atoms with Crippen molar-refractivity contribution in [3.63, 3.8) is 0 Å². The van der Waals surface area contributed by atoms with Crippen molar-refractivity contribution in [2.45, 2.75) is 24.0 Å². The fraction of sp³-hybridized carbons (Fsp3) is 0.273. The molecular weight excluding hydrogens is 290 g/mol. The zero-order valence-electron chi connectivity index (χ0n) is 10.1. The summed E-state index contributed by atoms with van der Waals surface area (Å²) in [5.74, 6) is -1.86. The van der Waals surface area contributed by atoms with Crippen LogP contribution < -0.4 is 5.14 Å². The fourth-order valence-corrected chi connectivity index (χ4v) is 2.63. The molecule has 0 aliphatic heterocycles. The van der Waals surface area contributed by atoms with Crippen LogP contribution in [0.25, 0.3) is 11.4 Å². The van der Waals surface area contributed by atoms with E-state index in [2.05, 4.69) is 10.2 Å². The smallest absolute Gasteiger partial charge is 0.273 e. The second-order valence-corrected chi connectivity index (χ2v) is 6.04. The number of aromatic nitrogens is 3. The van der Waals surface area contributed by atoms with Crippen LogP contribution in [0.15, 0.2) is 23.4 Å². The van der Waals surface area contributed by atoms with Crippen LogP contribution in [-0.2, 0) is 10.0 Å². The third-order valence-corrected chi connectivity index (χ3v) is 3.80. The minimum absolute atomic E-state index is 0.0820. The molecule has 2 aromatic rings. The van der Waals surface area contributed by atoms with Gasteiger partial charge in [0.1, 0.15) is 0 Å². The van der Waals surface area contributed by atoms with Crippen LogP contribution in [-0.4, -0.2) is 23.2 Å². The van der Waals surface area contributed by atoms with Crippen LogP contribution in [0.5, 0.6) is 0 Å². The quantitative estimate of drug-likeness (QED) is 0.922. The molecule has 1 aliphatic carbocycles. The Labute approximate surface area is 113 Å². The van der Waals surface area contributed by atoms with Gasteiger partial charge in [-0.3, -0.25) is 4.57 Å². The average molecular weight is 300 g/mol. The predicted molar refractivity (Wildman–Crippen MR) is 65.0 cm³/mol. The SMILES string of the molecule is NS(=O)(=O)c1nnc(-c2ccc(F)c(F)c2)n1C1CC1. The average Bonchev–Trinajstić information content (AvgIpc) is 3.10. The largest absolute Gasteiger partial charge is 0.294 e. The second-order valence-electron chi connectivity index (χ2n) is 4.58. The van der Waals surface area contributed by atoms with E-state index in [0.717, 1.165) is 25.0 Å². The molecular formula is C11H10F2N4O2S. The zero-order chi connectivity index (χ0) is 14.5. The van der Waals surface area contributed by atoms with E-state index in [1.807, 2.05) is 0 Å². The zero-order valence-corrected chi connectivity index (χ0v) is 10.9. The maximum absolute atomic E-state index is 13.3. The van der Waals surface area contributed by atoms with Crippen LogP contribution >= 0.6 is 0 Å². The van der Waals surface area contributed by atoms with E-state index in [0.29, 0.717) is 0 Å². The Hall–Kier alpha value is -1.87. The first-order chi connectivity index (χ1) is 9.38. The Bertz CT molecular complexity index is 784. The highest BCUT2D eigenvalue weighted by atomic mass is 32.2. The summed E-state index contributed by atoms with van der Waals surface area (Å²) >= 11 is 0. The van der Waals surface area contributed by atoms with Crippen molar-refractivity contribution >= 4 is 10.0 Å². The number of halogens is 2. The molecule has 20 heavy (non-hydrogen) atoms. The van der Waals surface area contributed by atoms with Gasteiger partial charge in [-0.1, -0.05) is 0 Å². The van der Waals surface area contributed by atoms with Gasteiger partial charge in [0.05, 0.1) is 0 Å². The Kier molecular flexibility index (Phi) is 2.83. The number of primary sulfonamides is 1. The van der Waals surface area contributed by atoms with Crippen LogP contribution in [0, 0.1) is 11.6 Å². The molecule has 2 N–H and O–H groups in total. The Morgan fingerprint density at radius 1 is 1.20 bits per heavy atom. The highest BCUT2D eigenvalue weighted by Crippen LogP contribution is 2.39. The lowest BCUT2D eigenvalue weighted by atomic mass is 10.2. The van der Waals surface area contributed by atoms with Gasteiger partial charge in [0.25, 0.3) is 15.2 Å². The molecule has 1 fully saturated rings. The number of nitrogens with two attached hydrogens (primary N) is 1. The molecule has 0 unspecified atom stereocenters. The molecule has 0 amide bonds. The highest BCUT2D eigenvalue weighted by molar-refractivity contribution is 7.89. The van der Waals surface area contributed by atoms with Gasteiger partial charge in [-0.25, -0.2) is 22.3 Å². The van der Waals surface area contributed by atoms with E-state index in [4.69, 9.17) is 5.14 Å². The molecule has 1 aromatic carbocycles. The maximum atomic E-state index is 13.3. The van der Waals surface area contributed by atoms with Crippen molar-refractivity contribution in [3.05, 3.63) is 29.8 Å².